The van der Waals surface area contributed by atoms with E-state index in [0.29, 0.717) is 37.4 Å². The number of benzene rings is 2. The first-order valence-electron chi connectivity index (χ1n) is 8.76. The van der Waals surface area contributed by atoms with Gasteiger partial charge in [-0.25, -0.2) is 0 Å². The van der Waals surface area contributed by atoms with Crippen LogP contribution in [0, 0.1) is 6.92 Å². The molecule has 3 amide bonds. The molecule has 1 saturated heterocycles. The number of rotatable bonds is 3. The number of hydrogen-bond acceptors (Lipinski definition) is 4. The van der Waals surface area contributed by atoms with Crippen LogP contribution in [0.25, 0.3) is 0 Å². The van der Waals surface area contributed by atoms with E-state index in [-0.39, 0.29) is 0 Å². The van der Waals surface area contributed by atoms with E-state index in [0.717, 1.165) is 5.69 Å². The summed E-state index contributed by atoms with van der Waals surface area (Å²) in [7, 11) is 0. The Morgan fingerprint density at radius 1 is 0.963 bits per heavy atom. The highest BCUT2D eigenvalue weighted by Crippen LogP contribution is 2.18. The maximum absolute atomic E-state index is 12.4. The molecule has 27 heavy (non-hydrogen) atoms. The Bertz CT molecular complexity index is 856. The maximum Gasteiger partial charge on any atom is 0.313 e. The van der Waals surface area contributed by atoms with Crippen molar-refractivity contribution in [1.82, 2.24) is 4.90 Å². The number of primary amides is 1. The van der Waals surface area contributed by atoms with Crippen LogP contribution in [0.15, 0.2) is 48.5 Å². The lowest BCUT2D eigenvalue weighted by atomic mass is 10.2. The average molecular weight is 366 g/mol. The molecule has 1 aliphatic heterocycles. The number of nitrogens with two attached hydrogens (primary N) is 1. The van der Waals surface area contributed by atoms with Gasteiger partial charge in [-0.1, -0.05) is 12.1 Å². The third-order valence-electron chi connectivity index (χ3n) is 4.56. The first-order chi connectivity index (χ1) is 12.9. The molecule has 0 spiro atoms. The summed E-state index contributed by atoms with van der Waals surface area (Å²) in [5.74, 6) is -1.79. The van der Waals surface area contributed by atoms with Crippen molar-refractivity contribution in [1.29, 1.82) is 0 Å². The van der Waals surface area contributed by atoms with Crippen LogP contribution >= 0.6 is 0 Å². The lowest BCUT2D eigenvalue weighted by Gasteiger charge is -2.35. The van der Waals surface area contributed by atoms with Crippen LogP contribution in [0.5, 0.6) is 0 Å². The fourth-order valence-corrected chi connectivity index (χ4v) is 3.04. The summed E-state index contributed by atoms with van der Waals surface area (Å²) in [6.45, 7) is 4.37. The van der Waals surface area contributed by atoms with E-state index < -0.39 is 17.7 Å². The monoisotopic (exact) mass is 366 g/mol. The maximum atomic E-state index is 12.4. The highest BCUT2D eigenvalue weighted by Gasteiger charge is 2.26. The van der Waals surface area contributed by atoms with Gasteiger partial charge in [0.15, 0.2) is 0 Å². The van der Waals surface area contributed by atoms with Crippen LogP contribution < -0.4 is 16.0 Å². The van der Waals surface area contributed by atoms with Gasteiger partial charge in [0.1, 0.15) is 0 Å². The van der Waals surface area contributed by atoms with Crippen molar-refractivity contribution in [2.75, 3.05) is 36.4 Å². The first kappa shape index (κ1) is 18.4. The quantitative estimate of drug-likeness (QED) is 0.802. The van der Waals surface area contributed by atoms with Crippen LogP contribution in [0.1, 0.15) is 15.9 Å². The molecule has 0 saturated carbocycles. The predicted octanol–water partition coefficient (Wildman–Crippen LogP) is 1.38. The second-order valence-electron chi connectivity index (χ2n) is 6.51. The Morgan fingerprint density at radius 2 is 1.63 bits per heavy atom. The molecule has 140 valence electrons. The second-order valence-corrected chi connectivity index (χ2v) is 6.51. The number of nitrogens with one attached hydrogen (secondary N) is 1. The molecule has 1 fully saturated rings. The number of anilines is 2. The molecule has 1 aliphatic rings. The number of nitrogens with zero attached hydrogens (tertiary/aromatic N) is 2. The molecule has 7 heteroatoms. The van der Waals surface area contributed by atoms with Crippen LogP contribution in [-0.4, -0.2) is 48.8 Å². The van der Waals surface area contributed by atoms with Gasteiger partial charge in [0.25, 0.3) is 0 Å². The van der Waals surface area contributed by atoms with Gasteiger partial charge in [-0.15, -0.1) is 0 Å². The minimum Gasteiger partial charge on any atom is -0.368 e. The van der Waals surface area contributed by atoms with Gasteiger partial charge < -0.3 is 20.9 Å². The van der Waals surface area contributed by atoms with Crippen molar-refractivity contribution >= 4 is 29.1 Å². The number of hydrogen-bond donors (Lipinski definition) is 2. The molecular formula is C20H22N4O3. The topological polar surface area (TPSA) is 95.7 Å². The summed E-state index contributed by atoms with van der Waals surface area (Å²) in [5, 5.41) is 2.56. The summed E-state index contributed by atoms with van der Waals surface area (Å²) < 4.78 is 0. The zero-order chi connectivity index (χ0) is 19.4. The fraction of sp³-hybridized carbons (Fsp3) is 0.250. The number of piperazine rings is 1. The summed E-state index contributed by atoms with van der Waals surface area (Å²) in [5.41, 5.74) is 8.28. The number of carbonyl (C=O) groups is 3. The number of carbonyl (C=O) groups excluding carboxylic acids is 3. The molecule has 0 bridgehead atoms. The SMILES string of the molecule is Cc1cccc(N2CCN(C(=O)C(=O)Nc3ccc(C(N)=O)cc3)CC2)c1. The van der Waals surface area contributed by atoms with Gasteiger partial charge in [-0.2, -0.15) is 0 Å². The standard InChI is InChI=1S/C20H22N4O3/c1-14-3-2-4-17(13-14)23-9-11-24(12-10-23)20(27)19(26)22-16-7-5-15(6-8-16)18(21)25/h2-8,13H,9-12H2,1H3,(H2,21,25)(H,22,26). The largest absolute Gasteiger partial charge is 0.368 e. The third kappa shape index (κ3) is 4.44. The zero-order valence-corrected chi connectivity index (χ0v) is 15.1. The Balaban J connectivity index is 1.55. The molecule has 1 heterocycles. The molecule has 2 aromatic rings. The van der Waals surface area contributed by atoms with Gasteiger partial charge in [0, 0.05) is 43.1 Å². The predicted molar refractivity (Wildman–Crippen MR) is 104 cm³/mol. The number of amides is 3. The van der Waals surface area contributed by atoms with Crippen molar-refractivity contribution in [2.45, 2.75) is 6.92 Å². The van der Waals surface area contributed by atoms with E-state index in [1.807, 2.05) is 25.1 Å². The first-order valence-corrected chi connectivity index (χ1v) is 8.76. The van der Waals surface area contributed by atoms with E-state index in [2.05, 4.69) is 16.3 Å². The van der Waals surface area contributed by atoms with Crippen molar-refractivity contribution in [3.63, 3.8) is 0 Å². The smallest absolute Gasteiger partial charge is 0.313 e. The van der Waals surface area contributed by atoms with Crippen molar-refractivity contribution in [3.8, 4) is 0 Å². The van der Waals surface area contributed by atoms with Gasteiger partial charge in [-0.3, -0.25) is 14.4 Å². The van der Waals surface area contributed by atoms with E-state index in [1.54, 1.807) is 17.0 Å². The molecule has 3 N–H and O–H groups in total. The van der Waals surface area contributed by atoms with Crippen molar-refractivity contribution in [2.24, 2.45) is 5.73 Å². The molecule has 0 aliphatic carbocycles. The molecule has 0 radical (unpaired) electrons. The molecule has 2 aromatic carbocycles. The Morgan fingerprint density at radius 3 is 2.22 bits per heavy atom. The van der Waals surface area contributed by atoms with E-state index in [4.69, 9.17) is 5.73 Å². The Labute approximate surface area is 157 Å². The van der Waals surface area contributed by atoms with Gasteiger partial charge >= 0.3 is 11.8 Å². The number of aryl methyl sites for hydroxylation is 1. The van der Waals surface area contributed by atoms with Gasteiger partial charge in [-0.05, 0) is 48.9 Å². The molecule has 3 rings (SSSR count). The second kappa shape index (κ2) is 7.90. The lowest BCUT2D eigenvalue weighted by Crippen LogP contribution is -2.51. The van der Waals surface area contributed by atoms with E-state index >= 15 is 0 Å². The minimum absolute atomic E-state index is 0.339. The summed E-state index contributed by atoms with van der Waals surface area (Å²) in [4.78, 5) is 39.4. The highest BCUT2D eigenvalue weighted by molar-refractivity contribution is 6.39. The molecular weight excluding hydrogens is 344 g/mol. The molecule has 7 nitrogen and oxygen atoms in total. The van der Waals surface area contributed by atoms with Gasteiger partial charge in [0.2, 0.25) is 5.91 Å². The zero-order valence-electron chi connectivity index (χ0n) is 15.1. The molecule has 0 unspecified atom stereocenters. The van der Waals surface area contributed by atoms with Crippen molar-refractivity contribution in [3.05, 3.63) is 59.7 Å². The lowest BCUT2D eigenvalue weighted by molar-refractivity contribution is -0.143. The average Bonchev–Trinajstić information content (AvgIpc) is 2.68. The van der Waals surface area contributed by atoms with Crippen LogP contribution in [-0.2, 0) is 9.59 Å². The van der Waals surface area contributed by atoms with Gasteiger partial charge in [0.05, 0.1) is 0 Å². The van der Waals surface area contributed by atoms with Crippen molar-refractivity contribution < 1.29 is 14.4 Å². The van der Waals surface area contributed by atoms with Crippen LogP contribution in [0.4, 0.5) is 11.4 Å². The minimum atomic E-state index is -0.689. The fourth-order valence-electron chi connectivity index (χ4n) is 3.04. The Kier molecular flexibility index (Phi) is 5.40. The molecule has 0 atom stereocenters. The molecule has 0 aromatic heterocycles. The van der Waals surface area contributed by atoms with E-state index in [9.17, 15) is 14.4 Å². The summed E-state index contributed by atoms with van der Waals surface area (Å²) in [6, 6.07) is 14.3. The van der Waals surface area contributed by atoms with Crippen LogP contribution in [0.2, 0.25) is 0 Å². The van der Waals surface area contributed by atoms with Crippen LogP contribution in [0.3, 0.4) is 0 Å². The third-order valence-corrected chi connectivity index (χ3v) is 4.56. The summed E-state index contributed by atoms with van der Waals surface area (Å²) in [6.07, 6.45) is 0. The normalized spacial score (nSPS) is 14.0. The summed E-state index contributed by atoms with van der Waals surface area (Å²) >= 11 is 0. The van der Waals surface area contributed by atoms with E-state index in [1.165, 1.54) is 17.7 Å². The Hall–Kier alpha value is -3.35. The highest BCUT2D eigenvalue weighted by atomic mass is 16.2.